The van der Waals surface area contributed by atoms with Crippen LogP contribution in [0.15, 0.2) is 18.2 Å². The average Bonchev–Trinajstić information content (AvgIpc) is 3.13. The quantitative estimate of drug-likeness (QED) is 0.651. The van der Waals surface area contributed by atoms with Crippen LogP contribution in [0.2, 0.25) is 0 Å². The van der Waals surface area contributed by atoms with Gasteiger partial charge >= 0.3 is 0 Å². The Bertz CT molecular complexity index is 974. The number of carbonyl (C=O) groups excluding carboxylic acids is 1. The molecule has 0 saturated heterocycles. The highest BCUT2D eigenvalue weighted by Gasteiger charge is 2.24. The lowest BCUT2D eigenvalue weighted by Gasteiger charge is -2.26. The fourth-order valence-electron chi connectivity index (χ4n) is 3.61. The number of H-pyrrole nitrogens is 1. The second-order valence-corrected chi connectivity index (χ2v) is 6.72. The Morgan fingerprint density at radius 2 is 2.27 bits per heavy atom. The fraction of sp³-hybridized carbons (Fsp3) is 0.389. The van der Waals surface area contributed by atoms with E-state index < -0.39 is 0 Å². The van der Waals surface area contributed by atoms with Crippen LogP contribution >= 0.6 is 0 Å². The summed E-state index contributed by atoms with van der Waals surface area (Å²) >= 11 is 0. The number of rotatable bonds is 4. The summed E-state index contributed by atoms with van der Waals surface area (Å²) in [5.41, 5.74) is 5.44. The molecule has 0 spiro atoms. The monoisotopic (exact) mass is 354 g/mol. The van der Waals surface area contributed by atoms with E-state index in [1.54, 1.807) is 0 Å². The van der Waals surface area contributed by atoms with Crippen LogP contribution in [0.4, 0.5) is 5.69 Å². The first-order chi connectivity index (χ1) is 12.5. The fourth-order valence-corrected chi connectivity index (χ4v) is 3.61. The third-order valence-corrected chi connectivity index (χ3v) is 4.81. The van der Waals surface area contributed by atoms with Gasteiger partial charge in [-0.2, -0.15) is 5.10 Å². The molecule has 2 aromatic heterocycles. The highest BCUT2D eigenvalue weighted by molar-refractivity contribution is 5.94. The molecule has 0 bridgehead atoms. The number of aromatic nitrogens is 4. The van der Waals surface area contributed by atoms with Crippen LogP contribution in [0.25, 0.3) is 11.0 Å². The van der Waals surface area contributed by atoms with E-state index in [4.69, 9.17) is 0 Å². The van der Waals surface area contributed by atoms with Gasteiger partial charge in [0.15, 0.2) is 0 Å². The number of amides is 1. The molecule has 0 unspecified atom stereocenters. The summed E-state index contributed by atoms with van der Waals surface area (Å²) in [4.78, 5) is 22.1. The minimum atomic E-state index is -0.0766. The lowest BCUT2D eigenvalue weighted by molar-refractivity contribution is -0.117. The van der Waals surface area contributed by atoms with E-state index in [1.165, 1.54) is 0 Å². The molecule has 26 heavy (non-hydrogen) atoms. The van der Waals surface area contributed by atoms with Gasteiger partial charge in [0.2, 0.25) is 5.91 Å². The Morgan fingerprint density at radius 3 is 3.08 bits per heavy atom. The molecule has 0 atom stereocenters. The number of aliphatic hydroxyl groups is 1. The van der Waals surface area contributed by atoms with Crippen molar-refractivity contribution in [1.29, 1.82) is 0 Å². The Hall–Kier alpha value is -2.71. The molecule has 8 nitrogen and oxygen atoms in total. The number of nitrogens with one attached hydrogen (secondary N) is 2. The molecule has 1 aliphatic heterocycles. The molecule has 4 rings (SSSR count). The molecule has 0 saturated carbocycles. The van der Waals surface area contributed by atoms with E-state index in [0.29, 0.717) is 18.8 Å². The van der Waals surface area contributed by atoms with E-state index in [9.17, 15) is 9.90 Å². The summed E-state index contributed by atoms with van der Waals surface area (Å²) in [6, 6.07) is 5.65. The van der Waals surface area contributed by atoms with Crippen molar-refractivity contribution in [2.45, 2.75) is 26.5 Å². The van der Waals surface area contributed by atoms with E-state index in [0.717, 1.165) is 46.8 Å². The standard InChI is InChI=1S/C18H22N6O2/c1-11-19-14-4-3-12(7-15(14)20-11)21-18(26)9-24-6-5-17-13(8-24)16(10-25)22-23(17)2/h3-4,7,25H,5-6,8-10H2,1-2H3,(H,19,20)(H,21,26). The molecule has 1 aliphatic rings. The first-order valence-corrected chi connectivity index (χ1v) is 8.66. The summed E-state index contributed by atoms with van der Waals surface area (Å²) in [5, 5.41) is 16.8. The van der Waals surface area contributed by atoms with Crippen molar-refractivity contribution < 1.29 is 9.90 Å². The topological polar surface area (TPSA) is 99.1 Å². The van der Waals surface area contributed by atoms with E-state index in [2.05, 4.69) is 25.3 Å². The molecule has 3 heterocycles. The van der Waals surface area contributed by atoms with Gasteiger partial charge in [-0.25, -0.2) is 4.98 Å². The van der Waals surface area contributed by atoms with Crippen LogP contribution in [0.5, 0.6) is 0 Å². The number of benzene rings is 1. The Balaban J connectivity index is 1.43. The number of hydrogen-bond acceptors (Lipinski definition) is 5. The van der Waals surface area contributed by atoms with Crippen molar-refractivity contribution >= 4 is 22.6 Å². The van der Waals surface area contributed by atoms with Crippen LogP contribution in [-0.4, -0.2) is 48.8 Å². The van der Waals surface area contributed by atoms with Crippen molar-refractivity contribution in [3.63, 3.8) is 0 Å². The Morgan fingerprint density at radius 1 is 1.42 bits per heavy atom. The number of nitrogens with zero attached hydrogens (tertiary/aromatic N) is 4. The van der Waals surface area contributed by atoms with Crippen LogP contribution in [0, 0.1) is 6.92 Å². The number of aromatic amines is 1. The van der Waals surface area contributed by atoms with E-state index in [-0.39, 0.29) is 12.5 Å². The van der Waals surface area contributed by atoms with Gasteiger partial charge in [0, 0.05) is 43.5 Å². The van der Waals surface area contributed by atoms with Crippen molar-refractivity contribution in [2.75, 3.05) is 18.4 Å². The van der Waals surface area contributed by atoms with Gasteiger partial charge in [-0.1, -0.05) is 0 Å². The molecule has 1 aromatic carbocycles. The number of aliphatic hydroxyl groups excluding tert-OH is 1. The van der Waals surface area contributed by atoms with Gasteiger partial charge in [-0.15, -0.1) is 0 Å². The number of aryl methyl sites for hydroxylation is 2. The largest absolute Gasteiger partial charge is 0.390 e. The van der Waals surface area contributed by atoms with Crippen molar-refractivity contribution in [3.05, 3.63) is 41.0 Å². The zero-order valence-electron chi connectivity index (χ0n) is 14.9. The zero-order valence-corrected chi connectivity index (χ0v) is 14.9. The normalized spacial score (nSPS) is 14.6. The number of hydrogen-bond donors (Lipinski definition) is 3. The second kappa shape index (κ2) is 6.54. The smallest absolute Gasteiger partial charge is 0.238 e. The predicted molar refractivity (Wildman–Crippen MR) is 97.6 cm³/mol. The maximum absolute atomic E-state index is 12.4. The third kappa shape index (κ3) is 3.09. The molecule has 1 amide bonds. The summed E-state index contributed by atoms with van der Waals surface area (Å²) < 4.78 is 1.83. The van der Waals surface area contributed by atoms with Crippen molar-refractivity contribution in [1.82, 2.24) is 24.6 Å². The molecule has 0 aliphatic carbocycles. The lowest BCUT2D eigenvalue weighted by atomic mass is 10.1. The minimum Gasteiger partial charge on any atom is -0.390 e. The van der Waals surface area contributed by atoms with E-state index >= 15 is 0 Å². The third-order valence-electron chi connectivity index (χ3n) is 4.81. The van der Waals surface area contributed by atoms with Gasteiger partial charge in [-0.3, -0.25) is 14.4 Å². The van der Waals surface area contributed by atoms with Gasteiger partial charge in [-0.05, 0) is 25.1 Å². The molecule has 3 aromatic rings. The minimum absolute atomic E-state index is 0.0570. The number of fused-ring (bicyclic) bond motifs is 2. The number of anilines is 1. The average molecular weight is 354 g/mol. The second-order valence-electron chi connectivity index (χ2n) is 6.72. The first kappa shape index (κ1) is 16.7. The van der Waals surface area contributed by atoms with Gasteiger partial charge in [0.1, 0.15) is 5.82 Å². The Kier molecular flexibility index (Phi) is 4.21. The number of imidazole rings is 1. The molecule has 136 valence electrons. The molecule has 0 fully saturated rings. The van der Waals surface area contributed by atoms with Crippen LogP contribution in [-0.2, 0) is 31.4 Å². The summed E-state index contributed by atoms with van der Waals surface area (Å²) in [6.45, 7) is 3.56. The maximum atomic E-state index is 12.4. The highest BCUT2D eigenvalue weighted by atomic mass is 16.3. The van der Waals surface area contributed by atoms with Crippen molar-refractivity contribution in [3.8, 4) is 0 Å². The zero-order chi connectivity index (χ0) is 18.3. The van der Waals surface area contributed by atoms with Gasteiger partial charge < -0.3 is 15.4 Å². The van der Waals surface area contributed by atoms with Crippen LogP contribution < -0.4 is 5.32 Å². The van der Waals surface area contributed by atoms with Crippen LogP contribution in [0.1, 0.15) is 22.8 Å². The molecule has 3 N–H and O–H groups in total. The van der Waals surface area contributed by atoms with Gasteiger partial charge in [0.25, 0.3) is 0 Å². The first-order valence-electron chi connectivity index (χ1n) is 8.66. The summed E-state index contributed by atoms with van der Waals surface area (Å²) in [5.74, 6) is 0.794. The lowest BCUT2D eigenvalue weighted by Crippen LogP contribution is -2.37. The van der Waals surface area contributed by atoms with Crippen molar-refractivity contribution in [2.24, 2.45) is 7.05 Å². The molecular weight excluding hydrogens is 332 g/mol. The molecule has 0 radical (unpaired) electrons. The maximum Gasteiger partial charge on any atom is 0.238 e. The highest BCUT2D eigenvalue weighted by Crippen LogP contribution is 2.22. The summed E-state index contributed by atoms with van der Waals surface area (Å²) in [6.07, 6.45) is 0.825. The van der Waals surface area contributed by atoms with Crippen LogP contribution in [0.3, 0.4) is 0 Å². The number of carbonyl (C=O) groups is 1. The van der Waals surface area contributed by atoms with Gasteiger partial charge in [0.05, 0.1) is 29.9 Å². The molecule has 8 heteroatoms. The Labute approximate surface area is 150 Å². The predicted octanol–water partition coefficient (Wildman–Crippen LogP) is 1.09. The van der Waals surface area contributed by atoms with E-state index in [1.807, 2.05) is 36.9 Å². The summed E-state index contributed by atoms with van der Waals surface area (Å²) in [7, 11) is 1.90. The molecular formula is C18H22N6O2. The SMILES string of the molecule is Cc1nc2ccc(NC(=O)CN3CCc4c(c(CO)nn4C)C3)cc2[nH]1.